The van der Waals surface area contributed by atoms with E-state index in [1.165, 1.54) is 34.0 Å². The molecule has 0 atom stereocenters. The van der Waals surface area contributed by atoms with Crippen LogP contribution in [0.15, 0.2) is 67.9 Å². The number of amides is 1. The molecule has 0 aliphatic rings. The van der Waals surface area contributed by atoms with Gasteiger partial charge in [-0.15, -0.1) is 0 Å². The van der Waals surface area contributed by atoms with Crippen LogP contribution in [0.25, 0.3) is 33.3 Å². The minimum atomic E-state index is -4.73. The third-order valence-electron chi connectivity index (χ3n) is 5.07. The minimum absolute atomic E-state index is 0.295. The summed E-state index contributed by atoms with van der Waals surface area (Å²) in [7, 11) is -3.13. The number of carbonyl (C=O) groups excluding carboxylic acids is 1. The van der Waals surface area contributed by atoms with Gasteiger partial charge in [-0.2, -0.15) is 4.39 Å². The molecule has 4 aromatic rings. The number of nitrogens with zero attached hydrogens (tertiary/aromatic N) is 5. The van der Waals surface area contributed by atoms with Crippen molar-refractivity contribution in [3.05, 3.63) is 73.9 Å². The van der Waals surface area contributed by atoms with Crippen molar-refractivity contribution in [2.24, 2.45) is 0 Å². The summed E-state index contributed by atoms with van der Waals surface area (Å²) < 4.78 is 31.1. The number of phosphoric ester groups is 1. The number of anilines is 1. The van der Waals surface area contributed by atoms with Crippen LogP contribution in [0.2, 0.25) is 0 Å². The Labute approximate surface area is 193 Å². The average molecular weight is 483 g/mol. The fourth-order valence-electron chi connectivity index (χ4n) is 3.40. The molecule has 4 aromatic heterocycles. The molecule has 0 aliphatic carbocycles. The van der Waals surface area contributed by atoms with Crippen molar-refractivity contribution >= 4 is 30.5 Å². The van der Waals surface area contributed by atoms with Crippen LogP contribution >= 0.6 is 7.82 Å². The summed E-state index contributed by atoms with van der Waals surface area (Å²) in [5, 5.41) is 0.582. The molecule has 0 saturated carbocycles. The predicted molar refractivity (Wildman–Crippen MR) is 123 cm³/mol. The van der Waals surface area contributed by atoms with Crippen LogP contribution in [0.1, 0.15) is 0 Å². The Kier molecular flexibility index (Phi) is 6.36. The number of aromatic nitrogens is 4. The molecule has 2 N–H and O–H groups in total. The molecule has 0 aliphatic heterocycles. The van der Waals surface area contributed by atoms with E-state index in [2.05, 4.69) is 26.1 Å². The molecule has 0 unspecified atom stereocenters. The molecule has 0 spiro atoms. The maximum Gasteiger partial charge on any atom is 0.471 e. The molecule has 12 heteroatoms. The van der Waals surface area contributed by atoms with Crippen molar-refractivity contribution in [1.82, 2.24) is 19.5 Å². The van der Waals surface area contributed by atoms with E-state index in [-0.39, 0.29) is 5.91 Å². The molecular formula is C22H19FN5O5P. The summed E-state index contributed by atoms with van der Waals surface area (Å²) in [5.41, 5.74) is 3.30. The van der Waals surface area contributed by atoms with Crippen LogP contribution in [0.5, 0.6) is 0 Å². The predicted octanol–water partition coefficient (Wildman–Crippen LogP) is 3.52. The van der Waals surface area contributed by atoms with E-state index < -0.39 is 20.5 Å². The molecule has 1 amide bonds. The van der Waals surface area contributed by atoms with Crippen molar-refractivity contribution in [2.45, 2.75) is 6.73 Å². The van der Waals surface area contributed by atoms with Crippen molar-refractivity contribution < 1.29 is 28.1 Å². The Balaban J connectivity index is 1.84. The second-order valence-corrected chi connectivity index (χ2v) is 8.50. The van der Waals surface area contributed by atoms with E-state index in [0.29, 0.717) is 39.0 Å². The lowest BCUT2D eigenvalue weighted by Crippen LogP contribution is -2.23. The Hall–Kier alpha value is -3.76. The van der Waals surface area contributed by atoms with Gasteiger partial charge in [-0.3, -0.25) is 14.3 Å². The zero-order chi connectivity index (χ0) is 24.5. The first-order valence-corrected chi connectivity index (χ1v) is 11.4. The topological polar surface area (TPSA) is 131 Å². The Morgan fingerprint density at radius 3 is 2.68 bits per heavy atom. The van der Waals surface area contributed by atoms with Crippen LogP contribution < -0.4 is 4.90 Å². The van der Waals surface area contributed by atoms with Gasteiger partial charge in [0.2, 0.25) is 11.9 Å². The van der Waals surface area contributed by atoms with Crippen LogP contribution in [-0.4, -0.2) is 42.3 Å². The molecule has 0 radical (unpaired) electrons. The molecule has 0 saturated heterocycles. The van der Waals surface area contributed by atoms with Crippen LogP contribution in [0.4, 0.5) is 10.1 Å². The Morgan fingerprint density at radius 1 is 1.21 bits per heavy atom. The maximum absolute atomic E-state index is 13.8. The number of phosphoric acid groups is 1. The zero-order valence-corrected chi connectivity index (χ0v) is 18.8. The molecule has 174 valence electrons. The number of carbonyl (C=O) groups is 1. The highest BCUT2D eigenvalue weighted by molar-refractivity contribution is 7.46. The largest absolute Gasteiger partial charge is 0.471 e. The Bertz CT molecular complexity index is 1450. The second kappa shape index (κ2) is 9.24. The highest BCUT2D eigenvalue weighted by Crippen LogP contribution is 2.38. The van der Waals surface area contributed by atoms with Gasteiger partial charge in [-0.1, -0.05) is 6.58 Å². The number of hydrogen-bond donors (Lipinski definition) is 2. The molecule has 4 rings (SSSR count). The molecule has 34 heavy (non-hydrogen) atoms. The van der Waals surface area contributed by atoms with E-state index in [0.717, 1.165) is 0 Å². The number of halogens is 1. The van der Waals surface area contributed by atoms with Gasteiger partial charge in [0.15, 0.2) is 0 Å². The summed E-state index contributed by atoms with van der Waals surface area (Å²) in [6, 6.07) is 6.40. The van der Waals surface area contributed by atoms with Crippen molar-refractivity contribution in [3.63, 3.8) is 0 Å². The number of fused-ring (bicyclic) bond motifs is 1. The fraction of sp³-hybridized carbons (Fsp3) is 0.0909. The number of hydrogen-bond acceptors (Lipinski definition) is 6. The average Bonchev–Trinajstić information content (AvgIpc) is 3.19. The summed E-state index contributed by atoms with van der Waals surface area (Å²) in [6.07, 6.45) is 8.79. The first kappa shape index (κ1) is 23.4. The van der Waals surface area contributed by atoms with Crippen molar-refractivity contribution in [3.8, 4) is 22.3 Å². The van der Waals surface area contributed by atoms with Crippen LogP contribution in [-0.2, 0) is 20.6 Å². The van der Waals surface area contributed by atoms with E-state index in [1.807, 2.05) is 0 Å². The number of rotatable bonds is 7. The lowest BCUT2D eigenvalue weighted by atomic mass is 10.0. The molecule has 0 bridgehead atoms. The van der Waals surface area contributed by atoms with E-state index in [1.54, 1.807) is 43.8 Å². The molecule has 0 aromatic carbocycles. The lowest BCUT2D eigenvalue weighted by Gasteiger charge is -2.15. The molecular weight excluding hydrogens is 464 g/mol. The van der Waals surface area contributed by atoms with Gasteiger partial charge in [0, 0.05) is 60.0 Å². The van der Waals surface area contributed by atoms with Gasteiger partial charge in [-0.05, 0) is 29.8 Å². The van der Waals surface area contributed by atoms with Crippen molar-refractivity contribution in [2.75, 3.05) is 11.9 Å². The number of pyridine rings is 3. The monoisotopic (exact) mass is 483 g/mol. The summed E-state index contributed by atoms with van der Waals surface area (Å²) in [5.74, 6) is -0.975. The van der Waals surface area contributed by atoms with Gasteiger partial charge in [0.05, 0.1) is 11.9 Å². The Morgan fingerprint density at radius 2 is 1.97 bits per heavy atom. The first-order valence-electron chi connectivity index (χ1n) is 9.83. The van der Waals surface area contributed by atoms with Gasteiger partial charge >= 0.3 is 7.82 Å². The third kappa shape index (κ3) is 4.92. The minimum Gasteiger partial charge on any atom is -0.310 e. The zero-order valence-electron chi connectivity index (χ0n) is 17.9. The van der Waals surface area contributed by atoms with Crippen LogP contribution in [0.3, 0.4) is 0 Å². The van der Waals surface area contributed by atoms with E-state index in [9.17, 15) is 13.8 Å². The summed E-state index contributed by atoms with van der Waals surface area (Å²) in [4.78, 5) is 43.8. The molecule has 10 nitrogen and oxygen atoms in total. The normalized spacial score (nSPS) is 11.5. The number of likely N-dealkylation sites (N-methyl/N-ethyl adjacent to an activating group) is 1. The molecule has 0 fully saturated rings. The van der Waals surface area contributed by atoms with E-state index >= 15 is 0 Å². The van der Waals surface area contributed by atoms with Crippen molar-refractivity contribution in [1.29, 1.82) is 0 Å². The highest BCUT2D eigenvalue weighted by Gasteiger charge is 2.18. The van der Waals surface area contributed by atoms with Crippen LogP contribution in [0, 0.1) is 5.95 Å². The lowest BCUT2D eigenvalue weighted by molar-refractivity contribution is -0.113. The summed E-state index contributed by atoms with van der Waals surface area (Å²) in [6.45, 7) is 3.02. The van der Waals surface area contributed by atoms with Gasteiger partial charge in [0.25, 0.3) is 0 Å². The first-order chi connectivity index (χ1) is 16.2. The second-order valence-electron chi connectivity index (χ2n) is 7.26. The standard InChI is InChI=1S/C22H19FN5O5P/c1-3-21(29)27(2)17-6-15(9-24-11-17)16-7-18-19(14-4-5-25-20(23)8-14)12-28(22(18)26-10-16)13-33-34(30,31)32/h3-12H,1,13H2,2H3,(H2,30,31,32). The third-order valence-corrected chi connectivity index (χ3v) is 5.52. The smallest absolute Gasteiger partial charge is 0.310 e. The summed E-state index contributed by atoms with van der Waals surface area (Å²) >= 11 is 0. The quantitative estimate of drug-likeness (QED) is 0.232. The van der Waals surface area contributed by atoms with Gasteiger partial charge in [-0.25, -0.2) is 14.5 Å². The highest BCUT2D eigenvalue weighted by atomic mass is 31.2. The molecule has 4 heterocycles. The SMILES string of the molecule is C=CC(=O)N(C)c1cncc(-c2cnc3c(c2)c(-c2ccnc(F)c2)cn3COP(=O)(O)O)c1. The fourth-order valence-corrected chi connectivity index (χ4v) is 3.67. The van der Waals surface area contributed by atoms with Gasteiger partial charge < -0.3 is 19.3 Å². The maximum atomic E-state index is 13.8. The van der Waals surface area contributed by atoms with E-state index in [4.69, 9.17) is 9.79 Å². The van der Waals surface area contributed by atoms with Gasteiger partial charge in [0.1, 0.15) is 12.4 Å².